The predicted octanol–water partition coefficient (Wildman–Crippen LogP) is 1.49. The molecule has 1 aromatic carbocycles. The predicted molar refractivity (Wildman–Crippen MR) is 86.3 cm³/mol. The first-order valence-electron chi connectivity index (χ1n) is 6.95. The van der Waals surface area contributed by atoms with Crippen molar-refractivity contribution in [1.29, 1.82) is 0 Å². The summed E-state index contributed by atoms with van der Waals surface area (Å²) in [6.07, 6.45) is 0. The SMILES string of the molecule is CCNC(=O)CN(CC)S(=O)(=O)c1cc(C)c(Cl)c(C(=O)O)c1. The third kappa shape index (κ3) is 4.43. The highest BCUT2D eigenvalue weighted by molar-refractivity contribution is 7.89. The van der Waals surface area contributed by atoms with Crippen molar-refractivity contribution in [3.63, 3.8) is 0 Å². The molecule has 1 aromatic rings. The summed E-state index contributed by atoms with van der Waals surface area (Å²) in [7, 11) is -4.01. The molecule has 0 spiro atoms. The van der Waals surface area contributed by atoms with Crippen LogP contribution in [0.4, 0.5) is 0 Å². The average molecular weight is 363 g/mol. The number of aromatic carboxylic acids is 1. The molecule has 1 amide bonds. The van der Waals surface area contributed by atoms with Crippen molar-refractivity contribution in [1.82, 2.24) is 9.62 Å². The number of sulfonamides is 1. The minimum atomic E-state index is -4.01. The second-order valence-corrected chi connectivity index (χ2v) is 7.11. The second-order valence-electron chi connectivity index (χ2n) is 4.79. The lowest BCUT2D eigenvalue weighted by atomic mass is 10.1. The lowest BCUT2D eigenvalue weighted by Gasteiger charge is -2.20. The molecule has 0 aliphatic rings. The molecule has 0 atom stereocenters. The number of hydrogen-bond donors (Lipinski definition) is 2. The van der Waals surface area contributed by atoms with Crippen LogP contribution in [0, 0.1) is 6.92 Å². The van der Waals surface area contributed by atoms with E-state index in [1.54, 1.807) is 13.8 Å². The number of carboxylic acid groups (broad SMARTS) is 1. The van der Waals surface area contributed by atoms with E-state index in [0.29, 0.717) is 12.1 Å². The number of carbonyl (C=O) groups excluding carboxylic acids is 1. The van der Waals surface area contributed by atoms with Gasteiger partial charge in [0.15, 0.2) is 0 Å². The van der Waals surface area contributed by atoms with Gasteiger partial charge in [0.1, 0.15) is 0 Å². The summed E-state index contributed by atoms with van der Waals surface area (Å²) in [5.74, 6) is -1.75. The molecular weight excluding hydrogens is 344 g/mol. The van der Waals surface area contributed by atoms with Gasteiger partial charge >= 0.3 is 5.97 Å². The molecular formula is C14H19ClN2O5S. The molecule has 9 heteroatoms. The molecule has 0 unspecified atom stereocenters. The molecule has 0 radical (unpaired) electrons. The Morgan fingerprint density at radius 1 is 1.30 bits per heavy atom. The molecule has 0 bridgehead atoms. The molecule has 2 N–H and O–H groups in total. The Morgan fingerprint density at radius 2 is 1.91 bits per heavy atom. The lowest BCUT2D eigenvalue weighted by Crippen LogP contribution is -2.40. The van der Waals surface area contributed by atoms with Crippen LogP contribution in [0.3, 0.4) is 0 Å². The highest BCUT2D eigenvalue weighted by Crippen LogP contribution is 2.26. The van der Waals surface area contributed by atoms with Gasteiger partial charge in [0.2, 0.25) is 15.9 Å². The lowest BCUT2D eigenvalue weighted by molar-refractivity contribution is -0.121. The average Bonchev–Trinajstić information content (AvgIpc) is 2.46. The molecule has 128 valence electrons. The van der Waals surface area contributed by atoms with E-state index in [2.05, 4.69) is 5.32 Å². The maximum Gasteiger partial charge on any atom is 0.337 e. The normalized spacial score (nSPS) is 11.5. The second kappa shape index (κ2) is 7.76. The Labute approximate surface area is 140 Å². The summed E-state index contributed by atoms with van der Waals surface area (Å²) in [5, 5.41) is 11.6. The number of carboxylic acids is 1. The summed E-state index contributed by atoms with van der Waals surface area (Å²) in [6, 6.07) is 2.30. The van der Waals surface area contributed by atoms with E-state index >= 15 is 0 Å². The number of aryl methyl sites for hydroxylation is 1. The smallest absolute Gasteiger partial charge is 0.337 e. The van der Waals surface area contributed by atoms with Gasteiger partial charge in [-0.3, -0.25) is 4.79 Å². The van der Waals surface area contributed by atoms with Crippen molar-refractivity contribution in [2.75, 3.05) is 19.6 Å². The highest BCUT2D eigenvalue weighted by Gasteiger charge is 2.27. The van der Waals surface area contributed by atoms with Crippen LogP contribution in [-0.2, 0) is 14.8 Å². The van der Waals surface area contributed by atoms with Gasteiger partial charge in [-0.05, 0) is 31.5 Å². The van der Waals surface area contributed by atoms with Crippen molar-refractivity contribution in [3.8, 4) is 0 Å². The van der Waals surface area contributed by atoms with Gasteiger partial charge in [0.05, 0.1) is 22.0 Å². The van der Waals surface area contributed by atoms with Crippen molar-refractivity contribution in [2.45, 2.75) is 25.7 Å². The van der Waals surface area contributed by atoms with Crippen molar-refractivity contribution in [3.05, 3.63) is 28.3 Å². The van der Waals surface area contributed by atoms with Crippen molar-refractivity contribution < 1.29 is 23.1 Å². The number of benzene rings is 1. The van der Waals surface area contributed by atoms with Gasteiger partial charge in [-0.1, -0.05) is 18.5 Å². The van der Waals surface area contributed by atoms with E-state index in [9.17, 15) is 18.0 Å². The number of halogens is 1. The fraction of sp³-hybridized carbons (Fsp3) is 0.429. The maximum atomic E-state index is 12.7. The van der Waals surface area contributed by atoms with Crippen LogP contribution in [0.2, 0.25) is 5.02 Å². The van der Waals surface area contributed by atoms with Crippen LogP contribution in [0.5, 0.6) is 0 Å². The molecule has 0 aliphatic heterocycles. The Kier molecular flexibility index (Phi) is 6.55. The topological polar surface area (TPSA) is 104 Å². The number of carbonyl (C=O) groups is 2. The van der Waals surface area contributed by atoms with Crippen LogP contribution in [0.1, 0.15) is 29.8 Å². The summed E-state index contributed by atoms with van der Waals surface area (Å²) in [5.41, 5.74) is 0.0403. The van der Waals surface area contributed by atoms with Gasteiger partial charge in [0.25, 0.3) is 0 Å². The largest absolute Gasteiger partial charge is 0.478 e. The molecule has 0 aromatic heterocycles. The van der Waals surface area contributed by atoms with Crippen LogP contribution in [0.25, 0.3) is 0 Å². The summed E-state index contributed by atoms with van der Waals surface area (Å²) in [4.78, 5) is 22.6. The zero-order chi connectivity index (χ0) is 17.8. The Bertz CT molecular complexity index is 718. The number of nitrogens with one attached hydrogen (secondary N) is 1. The number of likely N-dealkylation sites (N-methyl/N-ethyl adjacent to an activating group) is 2. The van der Waals surface area contributed by atoms with Crippen LogP contribution < -0.4 is 5.32 Å². The van der Waals surface area contributed by atoms with Gasteiger partial charge < -0.3 is 10.4 Å². The molecule has 0 fully saturated rings. The number of rotatable bonds is 7. The van der Waals surface area contributed by atoms with E-state index in [-0.39, 0.29) is 28.6 Å². The van der Waals surface area contributed by atoms with Crippen LogP contribution >= 0.6 is 11.6 Å². The molecule has 0 saturated carbocycles. The first-order valence-corrected chi connectivity index (χ1v) is 8.77. The molecule has 0 aliphatic carbocycles. The van der Waals surface area contributed by atoms with Crippen LogP contribution in [-0.4, -0.2) is 49.3 Å². The van der Waals surface area contributed by atoms with E-state index in [4.69, 9.17) is 16.7 Å². The molecule has 7 nitrogen and oxygen atoms in total. The van der Waals surface area contributed by atoms with Crippen LogP contribution in [0.15, 0.2) is 17.0 Å². The van der Waals surface area contributed by atoms with Crippen molar-refractivity contribution >= 4 is 33.5 Å². The third-order valence-electron chi connectivity index (χ3n) is 3.14. The van der Waals surface area contributed by atoms with E-state index in [1.165, 1.54) is 13.0 Å². The Morgan fingerprint density at radius 3 is 2.39 bits per heavy atom. The summed E-state index contributed by atoms with van der Waals surface area (Å²) < 4.78 is 26.3. The van der Waals surface area contributed by atoms with Crippen molar-refractivity contribution in [2.24, 2.45) is 0 Å². The molecule has 1 rings (SSSR count). The number of nitrogens with zero attached hydrogens (tertiary/aromatic N) is 1. The minimum absolute atomic E-state index is 0.0109. The number of amides is 1. The van der Waals surface area contributed by atoms with Gasteiger partial charge in [0, 0.05) is 13.1 Å². The first-order chi connectivity index (χ1) is 10.6. The number of hydrogen-bond acceptors (Lipinski definition) is 4. The molecule has 0 heterocycles. The highest BCUT2D eigenvalue weighted by atomic mass is 35.5. The van der Waals surface area contributed by atoms with Gasteiger partial charge in [-0.15, -0.1) is 0 Å². The van der Waals surface area contributed by atoms with E-state index in [1.807, 2.05) is 0 Å². The standard InChI is InChI=1S/C14H19ClN2O5S/c1-4-16-12(18)8-17(5-2)23(21,22)10-6-9(3)13(15)11(7-10)14(19)20/h6-7H,4-5,8H2,1-3H3,(H,16,18)(H,19,20). The molecule has 0 saturated heterocycles. The Hall–Kier alpha value is -1.64. The van der Waals surface area contributed by atoms with Gasteiger partial charge in [-0.25, -0.2) is 13.2 Å². The maximum absolute atomic E-state index is 12.7. The minimum Gasteiger partial charge on any atom is -0.478 e. The fourth-order valence-electron chi connectivity index (χ4n) is 1.97. The van der Waals surface area contributed by atoms with E-state index < -0.39 is 21.9 Å². The summed E-state index contributed by atoms with van der Waals surface area (Å²) in [6.45, 7) is 4.97. The van der Waals surface area contributed by atoms with E-state index in [0.717, 1.165) is 10.4 Å². The zero-order valence-electron chi connectivity index (χ0n) is 13.1. The fourth-order valence-corrected chi connectivity index (χ4v) is 3.68. The third-order valence-corrected chi connectivity index (χ3v) is 5.54. The molecule has 23 heavy (non-hydrogen) atoms. The summed E-state index contributed by atoms with van der Waals surface area (Å²) >= 11 is 5.90. The first kappa shape index (κ1) is 19.4. The Balaban J connectivity index is 3.31. The van der Waals surface area contributed by atoms with Gasteiger partial charge in [-0.2, -0.15) is 4.31 Å². The zero-order valence-corrected chi connectivity index (χ0v) is 14.7. The quantitative estimate of drug-likeness (QED) is 0.764. The monoisotopic (exact) mass is 362 g/mol.